The molecule has 1 atom stereocenters. The molecule has 3 heteroatoms. The monoisotopic (exact) mass is 199 g/mol. The maximum atomic E-state index is 11.7. The number of carbonyl (C=O) groups is 1. The highest BCUT2D eigenvalue weighted by Crippen LogP contribution is 2.16. The van der Waals surface area contributed by atoms with Gasteiger partial charge in [-0.2, -0.15) is 0 Å². The highest BCUT2D eigenvalue weighted by Gasteiger charge is 2.21. The predicted molar refractivity (Wildman–Crippen MR) is 56.1 cm³/mol. The van der Waals surface area contributed by atoms with Crippen LogP contribution in [-0.4, -0.2) is 36.6 Å². The Morgan fingerprint density at radius 3 is 2.93 bits per heavy atom. The van der Waals surface area contributed by atoms with Crippen LogP contribution in [0.1, 0.15) is 39.5 Å². The minimum atomic E-state index is 0.154. The van der Waals surface area contributed by atoms with E-state index in [2.05, 4.69) is 6.92 Å². The van der Waals surface area contributed by atoms with Crippen molar-refractivity contribution in [3.05, 3.63) is 0 Å². The Hall–Kier alpha value is -0.570. The van der Waals surface area contributed by atoms with Crippen molar-refractivity contribution in [1.29, 1.82) is 0 Å². The molecule has 0 aromatic heterocycles. The van der Waals surface area contributed by atoms with Gasteiger partial charge in [0.05, 0.1) is 0 Å². The molecule has 0 N–H and O–H groups in total. The van der Waals surface area contributed by atoms with Crippen LogP contribution in [0.5, 0.6) is 0 Å². The van der Waals surface area contributed by atoms with Crippen molar-refractivity contribution in [3.8, 4) is 0 Å². The summed E-state index contributed by atoms with van der Waals surface area (Å²) >= 11 is 0. The number of rotatable bonds is 3. The van der Waals surface area contributed by atoms with Gasteiger partial charge in [-0.25, -0.2) is 0 Å². The molecular formula is C11H21NO2. The predicted octanol–water partition coefficient (Wildman–Crippen LogP) is 1.81. The van der Waals surface area contributed by atoms with E-state index in [-0.39, 0.29) is 12.5 Å². The van der Waals surface area contributed by atoms with Crippen LogP contribution in [0.2, 0.25) is 0 Å². The van der Waals surface area contributed by atoms with Gasteiger partial charge < -0.3 is 9.64 Å². The Labute approximate surface area is 86.4 Å². The summed E-state index contributed by atoms with van der Waals surface area (Å²) in [5.74, 6) is 0.154. The molecule has 82 valence electrons. The number of amides is 1. The van der Waals surface area contributed by atoms with Gasteiger partial charge in [0.15, 0.2) is 0 Å². The Morgan fingerprint density at radius 2 is 2.21 bits per heavy atom. The second-order valence-corrected chi connectivity index (χ2v) is 3.92. The highest BCUT2D eigenvalue weighted by molar-refractivity contribution is 5.77. The third kappa shape index (κ3) is 3.29. The molecule has 1 aliphatic rings. The lowest BCUT2D eigenvalue weighted by molar-refractivity contribution is -0.137. The molecule has 0 bridgehead atoms. The summed E-state index contributed by atoms with van der Waals surface area (Å²) < 4.78 is 5.15. The van der Waals surface area contributed by atoms with Gasteiger partial charge in [-0.3, -0.25) is 4.79 Å². The molecule has 1 rings (SSSR count). The average molecular weight is 199 g/mol. The van der Waals surface area contributed by atoms with Gasteiger partial charge in [0.2, 0.25) is 5.91 Å². The maximum absolute atomic E-state index is 11.7. The van der Waals surface area contributed by atoms with Crippen LogP contribution in [0.3, 0.4) is 0 Å². The molecular weight excluding hydrogens is 178 g/mol. The molecule has 1 heterocycles. The topological polar surface area (TPSA) is 29.5 Å². The maximum Gasteiger partial charge on any atom is 0.248 e. The first-order valence-corrected chi connectivity index (χ1v) is 5.63. The minimum absolute atomic E-state index is 0.154. The fourth-order valence-electron chi connectivity index (χ4n) is 1.92. The normalized spacial score (nSPS) is 23.3. The van der Waals surface area contributed by atoms with Gasteiger partial charge in [-0.15, -0.1) is 0 Å². The summed E-state index contributed by atoms with van der Waals surface area (Å²) in [6.45, 7) is 5.83. The lowest BCUT2D eigenvalue weighted by Gasteiger charge is -2.26. The third-order valence-corrected chi connectivity index (χ3v) is 2.80. The van der Waals surface area contributed by atoms with E-state index in [9.17, 15) is 4.79 Å². The fraction of sp³-hybridized carbons (Fsp3) is 0.909. The SMILES string of the molecule is CCOCC(=O)N1CCCCCC1C. The van der Waals surface area contributed by atoms with Crippen molar-refractivity contribution in [2.75, 3.05) is 19.8 Å². The van der Waals surface area contributed by atoms with Gasteiger partial charge in [0.25, 0.3) is 0 Å². The number of likely N-dealkylation sites (tertiary alicyclic amines) is 1. The lowest BCUT2D eigenvalue weighted by Crippen LogP contribution is -2.40. The zero-order chi connectivity index (χ0) is 10.4. The molecule has 14 heavy (non-hydrogen) atoms. The number of hydrogen-bond donors (Lipinski definition) is 0. The molecule has 1 aliphatic heterocycles. The van der Waals surface area contributed by atoms with E-state index in [1.165, 1.54) is 12.8 Å². The first-order chi connectivity index (χ1) is 6.75. The van der Waals surface area contributed by atoms with E-state index >= 15 is 0 Å². The van der Waals surface area contributed by atoms with E-state index in [0.29, 0.717) is 12.6 Å². The zero-order valence-corrected chi connectivity index (χ0v) is 9.29. The van der Waals surface area contributed by atoms with Crippen LogP contribution in [0.15, 0.2) is 0 Å². The molecule has 1 saturated heterocycles. The standard InChI is InChI=1S/C11H21NO2/c1-3-14-9-11(13)12-8-6-4-5-7-10(12)2/h10H,3-9H2,1-2H3. The van der Waals surface area contributed by atoms with E-state index < -0.39 is 0 Å². The Kier molecular flexibility index (Phi) is 4.94. The molecule has 0 aromatic carbocycles. The summed E-state index contributed by atoms with van der Waals surface area (Å²) in [5.41, 5.74) is 0. The van der Waals surface area contributed by atoms with E-state index in [1.807, 2.05) is 11.8 Å². The summed E-state index contributed by atoms with van der Waals surface area (Å²) in [6, 6.07) is 0.394. The second-order valence-electron chi connectivity index (χ2n) is 3.92. The first-order valence-electron chi connectivity index (χ1n) is 5.63. The molecule has 3 nitrogen and oxygen atoms in total. The first kappa shape index (κ1) is 11.5. The van der Waals surface area contributed by atoms with Gasteiger partial charge >= 0.3 is 0 Å². The van der Waals surface area contributed by atoms with E-state index in [0.717, 1.165) is 19.4 Å². The van der Waals surface area contributed by atoms with Crippen molar-refractivity contribution < 1.29 is 9.53 Å². The van der Waals surface area contributed by atoms with Gasteiger partial charge in [0.1, 0.15) is 6.61 Å². The van der Waals surface area contributed by atoms with Crippen LogP contribution in [-0.2, 0) is 9.53 Å². The summed E-state index contributed by atoms with van der Waals surface area (Å²) in [4.78, 5) is 13.7. The highest BCUT2D eigenvalue weighted by atomic mass is 16.5. The number of nitrogens with zero attached hydrogens (tertiary/aromatic N) is 1. The van der Waals surface area contributed by atoms with Crippen molar-refractivity contribution in [2.24, 2.45) is 0 Å². The molecule has 0 radical (unpaired) electrons. The molecule has 0 aromatic rings. The Balaban J connectivity index is 2.41. The largest absolute Gasteiger partial charge is 0.372 e. The number of hydrogen-bond acceptors (Lipinski definition) is 2. The van der Waals surface area contributed by atoms with Crippen molar-refractivity contribution in [3.63, 3.8) is 0 Å². The van der Waals surface area contributed by atoms with Crippen LogP contribution in [0.4, 0.5) is 0 Å². The lowest BCUT2D eigenvalue weighted by atomic mass is 10.1. The van der Waals surface area contributed by atoms with E-state index in [1.54, 1.807) is 0 Å². The molecule has 1 fully saturated rings. The summed E-state index contributed by atoms with van der Waals surface area (Å²) in [5, 5.41) is 0. The Morgan fingerprint density at radius 1 is 1.43 bits per heavy atom. The third-order valence-electron chi connectivity index (χ3n) is 2.80. The number of carbonyl (C=O) groups excluding carboxylic acids is 1. The van der Waals surface area contributed by atoms with Gasteiger partial charge in [-0.1, -0.05) is 12.8 Å². The Bertz CT molecular complexity index is 182. The van der Waals surface area contributed by atoms with Crippen LogP contribution in [0, 0.1) is 0 Å². The van der Waals surface area contributed by atoms with Crippen LogP contribution < -0.4 is 0 Å². The molecule has 0 saturated carbocycles. The summed E-state index contributed by atoms with van der Waals surface area (Å²) in [7, 11) is 0. The minimum Gasteiger partial charge on any atom is -0.372 e. The molecule has 0 spiro atoms. The molecule has 1 unspecified atom stereocenters. The van der Waals surface area contributed by atoms with Gasteiger partial charge in [0, 0.05) is 19.2 Å². The number of ether oxygens (including phenoxy) is 1. The van der Waals surface area contributed by atoms with E-state index in [4.69, 9.17) is 4.74 Å². The van der Waals surface area contributed by atoms with Crippen molar-refractivity contribution >= 4 is 5.91 Å². The van der Waals surface area contributed by atoms with Crippen molar-refractivity contribution in [2.45, 2.75) is 45.6 Å². The summed E-state index contributed by atoms with van der Waals surface area (Å²) in [6.07, 6.45) is 4.78. The smallest absolute Gasteiger partial charge is 0.248 e. The van der Waals surface area contributed by atoms with Crippen LogP contribution in [0.25, 0.3) is 0 Å². The molecule has 0 aliphatic carbocycles. The average Bonchev–Trinajstić information content (AvgIpc) is 2.39. The van der Waals surface area contributed by atoms with Crippen LogP contribution >= 0.6 is 0 Å². The van der Waals surface area contributed by atoms with Gasteiger partial charge in [-0.05, 0) is 26.7 Å². The quantitative estimate of drug-likeness (QED) is 0.694. The second kappa shape index (κ2) is 6.02. The zero-order valence-electron chi connectivity index (χ0n) is 9.29. The molecule has 1 amide bonds. The fourth-order valence-corrected chi connectivity index (χ4v) is 1.92. The van der Waals surface area contributed by atoms with Crippen molar-refractivity contribution in [1.82, 2.24) is 4.90 Å².